The van der Waals surface area contributed by atoms with Crippen molar-refractivity contribution in [2.45, 2.75) is 52.7 Å². The quantitative estimate of drug-likeness (QED) is 0.865. The van der Waals surface area contributed by atoms with Crippen molar-refractivity contribution in [1.29, 1.82) is 0 Å². The monoisotopic (exact) mass is 315 g/mol. The smallest absolute Gasteiger partial charge is 0.413 e. The predicted octanol–water partition coefficient (Wildman–Crippen LogP) is 3.84. The first-order valence-electron chi connectivity index (χ1n) is 6.40. The molecule has 21 heavy (non-hydrogen) atoms. The van der Waals surface area contributed by atoms with Gasteiger partial charge in [-0.1, -0.05) is 0 Å². The molecule has 118 valence electrons. The number of nitrogens with one attached hydrogen (secondary N) is 2. The number of ether oxygens (including phenoxy) is 2. The summed E-state index contributed by atoms with van der Waals surface area (Å²) in [7, 11) is 0. The summed E-state index contributed by atoms with van der Waals surface area (Å²) < 4.78 is 10.2. The van der Waals surface area contributed by atoms with Gasteiger partial charge in [-0.15, -0.1) is 11.3 Å². The van der Waals surface area contributed by atoms with Crippen LogP contribution in [0.1, 0.15) is 41.5 Å². The number of hydrogen-bond acceptors (Lipinski definition) is 6. The van der Waals surface area contributed by atoms with Crippen LogP contribution < -0.4 is 10.6 Å². The Kier molecular flexibility index (Phi) is 5.16. The lowest BCUT2D eigenvalue weighted by Gasteiger charge is -2.19. The first kappa shape index (κ1) is 17.2. The molecule has 0 radical (unpaired) electrons. The number of carbonyl (C=O) groups is 2. The highest BCUT2D eigenvalue weighted by Gasteiger charge is 2.19. The zero-order valence-electron chi connectivity index (χ0n) is 13.1. The van der Waals surface area contributed by atoms with E-state index in [-0.39, 0.29) is 0 Å². The number of nitrogens with zero attached hydrogens (tertiary/aromatic N) is 1. The maximum Gasteiger partial charge on any atom is 0.413 e. The number of thiazole rings is 1. The number of carbonyl (C=O) groups excluding carboxylic acids is 2. The van der Waals surface area contributed by atoms with Crippen molar-refractivity contribution >= 4 is 34.5 Å². The minimum atomic E-state index is -0.600. The lowest BCUT2D eigenvalue weighted by molar-refractivity contribution is 0.0625. The molecule has 0 atom stereocenters. The third-order valence-corrected chi connectivity index (χ3v) is 2.50. The molecule has 0 unspecified atom stereocenters. The molecule has 0 fully saturated rings. The summed E-state index contributed by atoms with van der Waals surface area (Å²) in [5.74, 6) is 0.306. The number of rotatable bonds is 2. The van der Waals surface area contributed by atoms with Crippen molar-refractivity contribution in [1.82, 2.24) is 4.98 Å². The van der Waals surface area contributed by atoms with Gasteiger partial charge in [0, 0.05) is 5.38 Å². The molecule has 7 nitrogen and oxygen atoms in total. The Labute approximate surface area is 128 Å². The minimum Gasteiger partial charge on any atom is -0.444 e. The van der Waals surface area contributed by atoms with Crippen LogP contribution in [-0.2, 0) is 9.47 Å². The molecule has 0 aliphatic carbocycles. The van der Waals surface area contributed by atoms with Crippen LogP contribution in [0.3, 0.4) is 0 Å². The molecule has 1 rings (SSSR count). The van der Waals surface area contributed by atoms with Crippen LogP contribution in [0.2, 0.25) is 0 Å². The molecule has 0 spiro atoms. The Morgan fingerprint density at radius 3 is 1.95 bits per heavy atom. The third-order valence-electron chi connectivity index (χ3n) is 1.74. The second-order valence-corrected chi connectivity index (χ2v) is 7.15. The molecular weight excluding hydrogens is 294 g/mol. The minimum absolute atomic E-state index is 0.306. The zero-order chi connectivity index (χ0) is 16.3. The predicted molar refractivity (Wildman–Crippen MR) is 81.8 cm³/mol. The highest BCUT2D eigenvalue weighted by molar-refractivity contribution is 7.14. The molecule has 2 amide bonds. The highest BCUT2D eigenvalue weighted by Crippen LogP contribution is 2.21. The summed E-state index contributed by atoms with van der Waals surface area (Å²) >= 11 is 1.17. The van der Waals surface area contributed by atoms with Crippen molar-refractivity contribution in [2.24, 2.45) is 0 Å². The van der Waals surface area contributed by atoms with Gasteiger partial charge in [0.1, 0.15) is 17.0 Å². The normalized spacial score (nSPS) is 11.7. The van der Waals surface area contributed by atoms with Crippen LogP contribution in [0.15, 0.2) is 5.38 Å². The molecule has 1 heterocycles. The second-order valence-electron chi connectivity index (χ2n) is 6.29. The molecule has 0 aliphatic heterocycles. The molecule has 8 heteroatoms. The number of anilines is 2. The van der Waals surface area contributed by atoms with E-state index in [2.05, 4.69) is 15.6 Å². The Morgan fingerprint density at radius 1 is 1.00 bits per heavy atom. The van der Waals surface area contributed by atoms with Crippen molar-refractivity contribution in [3.63, 3.8) is 0 Å². The van der Waals surface area contributed by atoms with Gasteiger partial charge in [0.25, 0.3) is 0 Å². The molecular formula is C13H21N3O4S. The SMILES string of the molecule is CC(C)(C)OC(=O)Nc1csc(NC(=O)OC(C)(C)C)n1. The molecule has 1 aromatic rings. The van der Waals surface area contributed by atoms with Crippen molar-refractivity contribution in [3.8, 4) is 0 Å². The van der Waals surface area contributed by atoms with Crippen LogP contribution in [0, 0.1) is 0 Å². The van der Waals surface area contributed by atoms with E-state index in [1.54, 1.807) is 46.9 Å². The van der Waals surface area contributed by atoms with Crippen molar-refractivity contribution in [2.75, 3.05) is 10.6 Å². The first-order valence-corrected chi connectivity index (χ1v) is 7.28. The molecule has 0 bridgehead atoms. The van der Waals surface area contributed by atoms with Gasteiger partial charge in [-0.25, -0.2) is 14.6 Å². The fourth-order valence-electron chi connectivity index (χ4n) is 1.19. The molecule has 0 saturated carbocycles. The topological polar surface area (TPSA) is 89.6 Å². The standard InChI is InChI=1S/C13H21N3O4S/c1-12(2,3)19-10(17)15-8-7-21-9(14-8)16-11(18)20-13(4,5)6/h7H,1-6H3,(H,15,17)(H,14,16,18). The summed E-state index contributed by atoms with van der Waals surface area (Å²) in [6, 6.07) is 0. The molecule has 1 aromatic heterocycles. The Morgan fingerprint density at radius 2 is 1.48 bits per heavy atom. The maximum absolute atomic E-state index is 11.6. The van der Waals surface area contributed by atoms with Crippen molar-refractivity contribution < 1.29 is 19.1 Å². The van der Waals surface area contributed by atoms with Gasteiger partial charge in [0.15, 0.2) is 5.13 Å². The molecule has 2 N–H and O–H groups in total. The number of hydrogen-bond donors (Lipinski definition) is 2. The van der Waals surface area contributed by atoms with E-state index in [1.165, 1.54) is 11.3 Å². The summed E-state index contributed by atoms with van der Waals surface area (Å²) in [5.41, 5.74) is -1.17. The number of amides is 2. The van der Waals surface area contributed by atoms with E-state index in [1.807, 2.05) is 0 Å². The van der Waals surface area contributed by atoms with Gasteiger partial charge in [0.2, 0.25) is 0 Å². The van der Waals surface area contributed by atoms with E-state index < -0.39 is 23.4 Å². The van der Waals surface area contributed by atoms with Crippen LogP contribution in [-0.4, -0.2) is 28.4 Å². The Bertz CT molecular complexity index is 470. The largest absolute Gasteiger partial charge is 0.444 e. The summed E-state index contributed by atoms with van der Waals surface area (Å²) in [6.07, 6.45) is -1.20. The van der Waals surface area contributed by atoms with E-state index in [0.29, 0.717) is 10.9 Å². The summed E-state index contributed by atoms with van der Waals surface area (Å²) in [5, 5.41) is 6.90. The van der Waals surface area contributed by atoms with Crippen LogP contribution >= 0.6 is 11.3 Å². The Hall–Kier alpha value is -1.83. The number of aromatic nitrogens is 1. The Balaban J connectivity index is 2.54. The average Bonchev–Trinajstić information content (AvgIpc) is 2.58. The van der Waals surface area contributed by atoms with Gasteiger partial charge in [0.05, 0.1) is 0 Å². The first-order chi connectivity index (χ1) is 9.44. The van der Waals surface area contributed by atoms with Gasteiger partial charge in [-0.05, 0) is 41.5 Å². The van der Waals surface area contributed by atoms with Gasteiger partial charge in [-0.2, -0.15) is 0 Å². The zero-order valence-corrected chi connectivity index (χ0v) is 13.9. The lowest BCUT2D eigenvalue weighted by Crippen LogP contribution is -2.27. The lowest BCUT2D eigenvalue weighted by atomic mass is 10.2. The summed E-state index contributed by atoms with van der Waals surface area (Å²) in [4.78, 5) is 27.2. The van der Waals surface area contributed by atoms with Crippen LogP contribution in [0.4, 0.5) is 20.5 Å². The van der Waals surface area contributed by atoms with Gasteiger partial charge in [-0.3, -0.25) is 10.6 Å². The van der Waals surface area contributed by atoms with Gasteiger partial charge < -0.3 is 9.47 Å². The molecule has 0 aromatic carbocycles. The van der Waals surface area contributed by atoms with E-state index in [4.69, 9.17) is 9.47 Å². The van der Waals surface area contributed by atoms with E-state index in [0.717, 1.165) is 0 Å². The fourth-order valence-corrected chi connectivity index (χ4v) is 1.82. The van der Waals surface area contributed by atoms with E-state index >= 15 is 0 Å². The molecule has 0 saturated heterocycles. The maximum atomic E-state index is 11.6. The second kappa shape index (κ2) is 6.30. The van der Waals surface area contributed by atoms with Crippen LogP contribution in [0.5, 0.6) is 0 Å². The average molecular weight is 315 g/mol. The van der Waals surface area contributed by atoms with E-state index in [9.17, 15) is 9.59 Å². The fraction of sp³-hybridized carbons (Fsp3) is 0.615. The summed E-state index contributed by atoms with van der Waals surface area (Å²) in [6.45, 7) is 10.6. The molecule has 0 aliphatic rings. The van der Waals surface area contributed by atoms with Crippen LogP contribution in [0.25, 0.3) is 0 Å². The van der Waals surface area contributed by atoms with Crippen molar-refractivity contribution in [3.05, 3.63) is 5.38 Å². The van der Waals surface area contributed by atoms with Gasteiger partial charge >= 0.3 is 12.2 Å². The highest BCUT2D eigenvalue weighted by atomic mass is 32.1. The third kappa shape index (κ3) is 7.50.